The first-order valence-electron chi connectivity index (χ1n) is 8.91. The molecular formula is C22H16ClN5. The van der Waals surface area contributed by atoms with E-state index in [1.165, 1.54) is 0 Å². The van der Waals surface area contributed by atoms with Gasteiger partial charge < -0.3 is 5.32 Å². The van der Waals surface area contributed by atoms with Crippen molar-refractivity contribution >= 4 is 44.9 Å². The number of aromatic nitrogens is 4. The molecule has 0 aliphatic carbocycles. The molecule has 0 atom stereocenters. The lowest BCUT2D eigenvalue weighted by Crippen LogP contribution is -2.00. The molecule has 0 saturated heterocycles. The van der Waals surface area contributed by atoms with Crippen LogP contribution in [0.2, 0.25) is 5.02 Å². The van der Waals surface area contributed by atoms with E-state index >= 15 is 0 Å². The number of aryl methyl sites for hydroxylation is 1. The normalized spacial score (nSPS) is 11.2. The second kappa shape index (κ2) is 6.62. The van der Waals surface area contributed by atoms with Gasteiger partial charge in [0.2, 0.25) is 0 Å². The molecule has 3 aromatic carbocycles. The molecule has 5 rings (SSSR count). The molecule has 2 heterocycles. The molecule has 28 heavy (non-hydrogen) atoms. The van der Waals surface area contributed by atoms with E-state index in [9.17, 15) is 0 Å². The van der Waals surface area contributed by atoms with Crippen LogP contribution in [0.15, 0.2) is 66.9 Å². The Morgan fingerprint density at radius 3 is 2.75 bits per heavy atom. The average Bonchev–Trinajstić information content (AvgIpc) is 3.16. The van der Waals surface area contributed by atoms with Gasteiger partial charge in [0.05, 0.1) is 22.3 Å². The fourth-order valence-electron chi connectivity index (χ4n) is 3.26. The van der Waals surface area contributed by atoms with Gasteiger partial charge in [0.15, 0.2) is 5.82 Å². The molecule has 2 aromatic heterocycles. The summed E-state index contributed by atoms with van der Waals surface area (Å²) in [6.45, 7) is 2.05. The first-order chi connectivity index (χ1) is 13.7. The van der Waals surface area contributed by atoms with Crippen LogP contribution >= 0.6 is 11.6 Å². The van der Waals surface area contributed by atoms with Gasteiger partial charge in [0.25, 0.3) is 0 Å². The minimum Gasteiger partial charge on any atom is -0.340 e. The minimum atomic E-state index is 0.593. The van der Waals surface area contributed by atoms with E-state index in [1.807, 2.05) is 48.5 Å². The molecule has 0 amide bonds. The Bertz CT molecular complexity index is 1330. The van der Waals surface area contributed by atoms with E-state index in [1.54, 1.807) is 6.20 Å². The maximum Gasteiger partial charge on any atom is 0.163 e. The molecule has 0 radical (unpaired) electrons. The third kappa shape index (κ3) is 2.96. The lowest BCUT2D eigenvalue weighted by atomic mass is 10.1. The standard InChI is InChI=1S/C22H16ClN5/c1-13-6-8-17-20(10-13)26-21(16-4-2-3-5-18(16)23)27-22(17)25-15-7-9-19-14(11-15)12-24-28-19/h2-12H,1H3,(H,24,28)(H,25,26,27). The highest BCUT2D eigenvalue weighted by molar-refractivity contribution is 6.33. The van der Waals surface area contributed by atoms with Crippen molar-refractivity contribution in [3.8, 4) is 11.4 Å². The van der Waals surface area contributed by atoms with Crippen LogP contribution in [0.1, 0.15) is 5.56 Å². The van der Waals surface area contributed by atoms with Crippen molar-refractivity contribution in [3.05, 3.63) is 77.4 Å². The maximum absolute atomic E-state index is 6.40. The molecule has 0 aliphatic rings. The minimum absolute atomic E-state index is 0.593. The third-order valence-corrected chi connectivity index (χ3v) is 5.00. The van der Waals surface area contributed by atoms with Gasteiger partial charge in [-0.1, -0.05) is 29.8 Å². The van der Waals surface area contributed by atoms with Gasteiger partial charge in [-0.05, 0) is 55.0 Å². The summed E-state index contributed by atoms with van der Waals surface area (Å²) in [4.78, 5) is 9.56. The van der Waals surface area contributed by atoms with Gasteiger partial charge in [-0.25, -0.2) is 9.97 Å². The molecule has 6 heteroatoms. The summed E-state index contributed by atoms with van der Waals surface area (Å²) in [6.07, 6.45) is 1.80. The van der Waals surface area contributed by atoms with E-state index in [4.69, 9.17) is 21.6 Å². The van der Waals surface area contributed by atoms with Gasteiger partial charge in [-0.2, -0.15) is 5.10 Å². The molecule has 0 spiro atoms. The summed E-state index contributed by atoms with van der Waals surface area (Å²) in [5.41, 5.74) is 4.74. The topological polar surface area (TPSA) is 66.5 Å². The van der Waals surface area contributed by atoms with Crippen molar-refractivity contribution in [1.29, 1.82) is 0 Å². The van der Waals surface area contributed by atoms with Crippen LogP contribution in [0.3, 0.4) is 0 Å². The summed E-state index contributed by atoms with van der Waals surface area (Å²) < 4.78 is 0. The zero-order chi connectivity index (χ0) is 19.1. The number of hydrogen-bond donors (Lipinski definition) is 2. The summed E-state index contributed by atoms with van der Waals surface area (Å²) in [7, 11) is 0. The zero-order valence-electron chi connectivity index (χ0n) is 15.1. The van der Waals surface area contributed by atoms with Gasteiger partial charge in [-0.3, -0.25) is 5.10 Å². The highest BCUT2D eigenvalue weighted by atomic mass is 35.5. The lowest BCUT2D eigenvalue weighted by molar-refractivity contribution is 1.12. The SMILES string of the molecule is Cc1ccc2c(Nc3ccc4[nH]ncc4c3)nc(-c3ccccc3Cl)nc2c1. The Kier molecular flexibility index (Phi) is 3.95. The van der Waals surface area contributed by atoms with Crippen molar-refractivity contribution in [2.24, 2.45) is 0 Å². The van der Waals surface area contributed by atoms with Crippen LogP contribution in [-0.4, -0.2) is 20.2 Å². The smallest absolute Gasteiger partial charge is 0.163 e. The van der Waals surface area contributed by atoms with Gasteiger partial charge >= 0.3 is 0 Å². The fraction of sp³-hybridized carbons (Fsp3) is 0.0455. The Hall–Kier alpha value is -3.44. The summed E-state index contributed by atoms with van der Waals surface area (Å²) in [5.74, 6) is 1.33. The van der Waals surface area contributed by atoms with Crippen LogP contribution in [0.5, 0.6) is 0 Å². The van der Waals surface area contributed by atoms with E-state index in [0.717, 1.165) is 44.4 Å². The summed E-state index contributed by atoms with van der Waals surface area (Å²) >= 11 is 6.40. The van der Waals surface area contributed by atoms with Crippen LogP contribution in [0, 0.1) is 6.92 Å². The van der Waals surface area contributed by atoms with Gasteiger partial charge in [0.1, 0.15) is 5.82 Å². The van der Waals surface area contributed by atoms with Gasteiger partial charge in [0, 0.05) is 22.0 Å². The molecular weight excluding hydrogens is 370 g/mol. The number of nitrogens with one attached hydrogen (secondary N) is 2. The number of fused-ring (bicyclic) bond motifs is 2. The van der Waals surface area contributed by atoms with Crippen molar-refractivity contribution in [3.63, 3.8) is 0 Å². The van der Waals surface area contributed by atoms with E-state index in [2.05, 4.69) is 34.6 Å². The van der Waals surface area contributed by atoms with Crippen molar-refractivity contribution < 1.29 is 0 Å². The molecule has 0 saturated carbocycles. The molecule has 0 fully saturated rings. The predicted octanol–water partition coefficient (Wildman–Crippen LogP) is 5.88. The molecule has 136 valence electrons. The highest BCUT2D eigenvalue weighted by Gasteiger charge is 2.12. The number of hydrogen-bond acceptors (Lipinski definition) is 4. The largest absolute Gasteiger partial charge is 0.340 e. The number of anilines is 2. The molecule has 0 bridgehead atoms. The van der Waals surface area contributed by atoms with E-state index in [-0.39, 0.29) is 0 Å². The highest BCUT2D eigenvalue weighted by Crippen LogP contribution is 2.31. The quantitative estimate of drug-likeness (QED) is 0.407. The van der Waals surface area contributed by atoms with Crippen molar-refractivity contribution in [2.75, 3.05) is 5.32 Å². The van der Waals surface area contributed by atoms with E-state index < -0.39 is 0 Å². The molecule has 2 N–H and O–H groups in total. The van der Waals surface area contributed by atoms with Gasteiger partial charge in [-0.15, -0.1) is 0 Å². The maximum atomic E-state index is 6.40. The van der Waals surface area contributed by atoms with Crippen molar-refractivity contribution in [2.45, 2.75) is 6.92 Å². The molecule has 0 aliphatic heterocycles. The van der Waals surface area contributed by atoms with Crippen LogP contribution in [-0.2, 0) is 0 Å². The molecule has 5 nitrogen and oxygen atoms in total. The zero-order valence-corrected chi connectivity index (χ0v) is 15.8. The van der Waals surface area contributed by atoms with Crippen LogP contribution < -0.4 is 5.32 Å². The van der Waals surface area contributed by atoms with Crippen LogP contribution in [0.25, 0.3) is 33.2 Å². The average molecular weight is 386 g/mol. The summed E-state index contributed by atoms with van der Waals surface area (Å²) in [5, 5.41) is 13.1. The fourth-order valence-corrected chi connectivity index (χ4v) is 3.48. The first kappa shape index (κ1) is 16.7. The molecule has 0 unspecified atom stereocenters. The Labute approximate surface area is 166 Å². The Balaban J connectivity index is 1.68. The monoisotopic (exact) mass is 385 g/mol. The number of benzene rings is 3. The van der Waals surface area contributed by atoms with Crippen molar-refractivity contribution in [1.82, 2.24) is 20.2 Å². The number of halogens is 1. The Morgan fingerprint density at radius 1 is 0.964 bits per heavy atom. The van der Waals surface area contributed by atoms with E-state index in [0.29, 0.717) is 10.8 Å². The number of nitrogens with zero attached hydrogens (tertiary/aromatic N) is 3. The second-order valence-corrected chi connectivity index (χ2v) is 7.10. The lowest BCUT2D eigenvalue weighted by Gasteiger charge is -2.12. The molecule has 5 aromatic rings. The first-order valence-corrected chi connectivity index (χ1v) is 9.29. The predicted molar refractivity (Wildman–Crippen MR) is 114 cm³/mol. The Morgan fingerprint density at radius 2 is 1.86 bits per heavy atom. The van der Waals surface area contributed by atoms with Crippen LogP contribution in [0.4, 0.5) is 11.5 Å². The third-order valence-electron chi connectivity index (χ3n) is 4.67. The number of rotatable bonds is 3. The second-order valence-electron chi connectivity index (χ2n) is 6.69. The number of aromatic amines is 1. The number of H-pyrrole nitrogens is 1. The summed E-state index contributed by atoms with van der Waals surface area (Å²) in [6, 6.07) is 19.8.